The van der Waals surface area contributed by atoms with Crippen LogP contribution < -0.4 is 0 Å². The van der Waals surface area contributed by atoms with Crippen LogP contribution in [0.25, 0.3) is 0 Å². The van der Waals surface area contributed by atoms with Gasteiger partial charge in [-0.05, 0) is 0 Å². The summed E-state index contributed by atoms with van der Waals surface area (Å²) in [5.41, 5.74) is 4.54. The van der Waals surface area contributed by atoms with E-state index in [1.54, 1.807) is 28.0 Å². The van der Waals surface area contributed by atoms with Gasteiger partial charge in [0.2, 0.25) is 0 Å². The van der Waals surface area contributed by atoms with E-state index < -0.39 is 0 Å². The molecule has 0 aromatic heterocycles. The summed E-state index contributed by atoms with van der Waals surface area (Å²) >= 11 is 1.58. The second-order valence-corrected chi connectivity index (χ2v) is 4.73. The summed E-state index contributed by atoms with van der Waals surface area (Å²) in [5.74, 6) is 0. The molecule has 0 saturated carbocycles. The third-order valence-electron chi connectivity index (χ3n) is 2.48. The van der Waals surface area contributed by atoms with Crippen molar-refractivity contribution in [3.05, 3.63) is 44.3 Å². The van der Waals surface area contributed by atoms with Gasteiger partial charge in [-0.15, -0.1) is 0 Å². The van der Waals surface area contributed by atoms with Crippen molar-refractivity contribution in [1.29, 1.82) is 0 Å². The SMILES string of the molecule is CC1=[C]([Zr])CC=C1C1=CC=CC1. The van der Waals surface area contributed by atoms with Crippen LogP contribution in [0.4, 0.5) is 0 Å². The molecule has 0 aliphatic heterocycles. The van der Waals surface area contributed by atoms with Gasteiger partial charge < -0.3 is 0 Å². The number of rotatable bonds is 1. The van der Waals surface area contributed by atoms with Gasteiger partial charge in [-0.3, -0.25) is 0 Å². The molecule has 0 aromatic rings. The van der Waals surface area contributed by atoms with Gasteiger partial charge in [0.15, 0.2) is 0 Å². The van der Waals surface area contributed by atoms with Gasteiger partial charge in [0.25, 0.3) is 0 Å². The third-order valence-corrected chi connectivity index (χ3v) is 3.91. The standard InChI is InChI=1S/C11H11.Zr/c1-9-5-4-8-11(9)10-6-2-3-7-10;/h2-3,6,8H,4,7H2,1H3;. The number of allylic oxidation sites excluding steroid dienone is 8. The van der Waals surface area contributed by atoms with Crippen molar-refractivity contribution >= 4 is 0 Å². The molecule has 0 fully saturated rings. The fraction of sp³-hybridized carbons (Fsp3) is 0.273. The fourth-order valence-electron chi connectivity index (χ4n) is 1.69. The normalized spacial score (nSPS) is 21.7. The molecule has 0 heterocycles. The van der Waals surface area contributed by atoms with E-state index in [1.165, 1.54) is 23.1 Å². The summed E-state index contributed by atoms with van der Waals surface area (Å²) in [5, 5.41) is 0. The molecular weight excluding hydrogens is 223 g/mol. The van der Waals surface area contributed by atoms with Gasteiger partial charge in [0.1, 0.15) is 0 Å². The molecule has 12 heavy (non-hydrogen) atoms. The minimum absolute atomic E-state index is 1.13. The third kappa shape index (κ3) is 1.35. The zero-order valence-electron chi connectivity index (χ0n) is 7.22. The number of hydrogen-bond acceptors (Lipinski definition) is 0. The molecule has 59 valence electrons. The Morgan fingerprint density at radius 1 is 1.33 bits per heavy atom. The van der Waals surface area contributed by atoms with Crippen molar-refractivity contribution < 1.29 is 24.7 Å². The Bertz CT molecular complexity index is 327. The fourth-order valence-corrected chi connectivity index (χ4v) is 2.27. The second-order valence-electron chi connectivity index (χ2n) is 3.25. The second kappa shape index (κ2) is 3.30. The van der Waals surface area contributed by atoms with Crippen LogP contribution in [-0.4, -0.2) is 0 Å². The summed E-state index contributed by atoms with van der Waals surface area (Å²) in [6.07, 6.45) is 11.3. The molecule has 0 N–H and O–H groups in total. The van der Waals surface area contributed by atoms with Crippen LogP contribution in [0.15, 0.2) is 44.3 Å². The molecule has 0 radical (unpaired) electrons. The van der Waals surface area contributed by atoms with E-state index in [1.807, 2.05) is 0 Å². The molecule has 0 spiro atoms. The van der Waals surface area contributed by atoms with E-state index in [4.69, 9.17) is 0 Å². The van der Waals surface area contributed by atoms with Crippen molar-refractivity contribution in [3.8, 4) is 0 Å². The molecule has 0 aromatic carbocycles. The number of hydrogen-bond donors (Lipinski definition) is 0. The van der Waals surface area contributed by atoms with Gasteiger partial charge in [0.05, 0.1) is 0 Å². The maximum atomic E-state index is 2.37. The van der Waals surface area contributed by atoms with Crippen LogP contribution in [0.5, 0.6) is 0 Å². The van der Waals surface area contributed by atoms with Crippen LogP contribution in [-0.2, 0) is 24.7 Å². The van der Waals surface area contributed by atoms with Crippen molar-refractivity contribution in [3.63, 3.8) is 0 Å². The van der Waals surface area contributed by atoms with E-state index in [9.17, 15) is 0 Å². The Balaban J connectivity index is 2.27. The molecular formula is C11H11Zr. The quantitative estimate of drug-likeness (QED) is 0.654. The zero-order valence-corrected chi connectivity index (χ0v) is 9.68. The molecule has 0 unspecified atom stereocenters. The van der Waals surface area contributed by atoms with E-state index in [0.717, 1.165) is 6.42 Å². The molecule has 0 atom stereocenters. The van der Waals surface area contributed by atoms with Crippen LogP contribution in [0.1, 0.15) is 19.8 Å². The van der Waals surface area contributed by atoms with Crippen LogP contribution >= 0.6 is 0 Å². The van der Waals surface area contributed by atoms with Gasteiger partial charge in [-0.25, -0.2) is 0 Å². The van der Waals surface area contributed by atoms with E-state index in [0.29, 0.717) is 0 Å². The zero-order chi connectivity index (χ0) is 8.55. The van der Waals surface area contributed by atoms with Crippen molar-refractivity contribution in [2.75, 3.05) is 0 Å². The summed E-state index contributed by atoms with van der Waals surface area (Å²) < 4.78 is 1.62. The molecule has 1 heteroatoms. The minimum atomic E-state index is 1.13. The van der Waals surface area contributed by atoms with Gasteiger partial charge in [-0.2, -0.15) is 0 Å². The Labute approximate surface area is 88.6 Å². The Hall–Kier alpha value is -0.157. The average molecular weight is 234 g/mol. The summed E-state index contributed by atoms with van der Waals surface area (Å²) in [6, 6.07) is 0. The van der Waals surface area contributed by atoms with E-state index in [2.05, 4.69) is 31.2 Å². The molecule has 0 bridgehead atoms. The Morgan fingerprint density at radius 3 is 2.67 bits per heavy atom. The molecule has 2 aliphatic rings. The monoisotopic (exact) mass is 233 g/mol. The van der Waals surface area contributed by atoms with Crippen molar-refractivity contribution in [1.82, 2.24) is 0 Å². The molecule has 0 saturated heterocycles. The van der Waals surface area contributed by atoms with Crippen LogP contribution in [0.2, 0.25) is 0 Å². The first kappa shape index (κ1) is 8.44. The van der Waals surface area contributed by atoms with E-state index >= 15 is 0 Å². The van der Waals surface area contributed by atoms with Gasteiger partial charge >= 0.3 is 88.8 Å². The van der Waals surface area contributed by atoms with Crippen molar-refractivity contribution in [2.45, 2.75) is 19.8 Å². The first-order chi connectivity index (χ1) is 5.79. The van der Waals surface area contributed by atoms with Gasteiger partial charge in [-0.1, -0.05) is 0 Å². The maximum absolute atomic E-state index is 2.37. The molecule has 2 rings (SSSR count). The molecule has 2 aliphatic carbocycles. The summed E-state index contributed by atoms with van der Waals surface area (Å²) in [7, 11) is 0. The van der Waals surface area contributed by atoms with Crippen molar-refractivity contribution in [2.24, 2.45) is 0 Å². The van der Waals surface area contributed by atoms with Crippen LogP contribution in [0, 0.1) is 0 Å². The molecule has 0 amide bonds. The Kier molecular flexibility index (Phi) is 2.32. The topological polar surface area (TPSA) is 0 Å². The van der Waals surface area contributed by atoms with Crippen LogP contribution in [0.3, 0.4) is 0 Å². The van der Waals surface area contributed by atoms with E-state index in [-0.39, 0.29) is 0 Å². The summed E-state index contributed by atoms with van der Waals surface area (Å²) in [4.78, 5) is 0. The predicted molar refractivity (Wildman–Crippen MR) is 47.2 cm³/mol. The van der Waals surface area contributed by atoms with Gasteiger partial charge in [0, 0.05) is 0 Å². The average Bonchev–Trinajstić information content (AvgIpc) is 2.64. The predicted octanol–water partition coefficient (Wildman–Crippen LogP) is 3.02. The Morgan fingerprint density at radius 2 is 2.17 bits per heavy atom. The molecule has 0 nitrogen and oxygen atoms in total. The first-order valence-electron chi connectivity index (χ1n) is 4.27. The summed E-state index contributed by atoms with van der Waals surface area (Å²) in [6.45, 7) is 2.25. The first-order valence-corrected chi connectivity index (χ1v) is 5.50.